The first kappa shape index (κ1) is 23.7. The number of rotatable bonds is 3. The lowest BCUT2D eigenvalue weighted by Crippen LogP contribution is -2.47. The number of carbonyl (C=O) groups is 2. The van der Waals surface area contributed by atoms with Crippen molar-refractivity contribution in [2.24, 2.45) is 0 Å². The fourth-order valence-electron chi connectivity index (χ4n) is 3.49. The Balaban J connectivity index is 1.78. The van der Waals surface area contributed by atoms with E-state index in [4.69, 9.17) is 16.9 Å². The number of anilines is 2. The van der Waals surface area contributed by atoms with E-state index < -0.39 is 57.9 Å². The summed E-state index contributed by atoms with van der Waals surface area (Å²) in [6.07, 6.45) is -4.84. The number of hydrogen-bond donors (Lipinski definition) is 1. The summed E-state index contributed by atoms with van der Waals surface area (Å²) >= 11 is 6.26. The quantitative estimate of drug-likeness (QED) is 0.405. The lowest BCUT2D eigenvalue weighted by Gasteiger charge is -2.27. The maximum absolute atomic E-state index is 14.4. The smallest absolute Gasteiger partial charge is 0.335 e. The van der Waals surface area contributed by atoms with Gasteiger partial charge in [-0.1, -0.05) is 11.6 Å². The highest BCUT2D eigenvalue weighted by atomic mass is 35.5. The van der Waals surface area contributed by atoms with Crippen LogP contribution in [0, 0.1) is 23.0 Å². The van der Waals surface area contributed by atoms with Crippen LogP contribution in [-0.2, 0) is 11.0 Å². The molecule has 0 bridgehead atoms. The Morgan fingerprint density at radius 3 is 2.71 bits per heavy atom. The fourth-order valence-corrected chi connectivity index (χ4v) is 4.50. The first-order valence-corrected chi connectivity index (χ1v) is 10.5. The van der Waals surface area contributed by atoms with Crippen LogP contribution < -0.4 is 15.1 Å². The van der Waals surface area contributed by atoms with Crippen molar-refractivity contribution in [1.29, 1.82) is 5.26 Å². The van der Waals surface area contributed by atoms with Crippen LogP contribution in [-0.4, -0.2) is 36.6 Å². The number of alkyl halides is 3. The Labute approximate surface area is 196 Å². The molecule has 0 spiro atoms. The van der Waals surface area contributed by atoms with Crippen LogP contribution in [0.1, 0.15) is 10.4 Å². The van der Waals surface area contributed by atoms with Crippen LogP contribution in [0.2, 0.25) is 5.02 Å². The van der Waals surface area contributed by atoms with E-state index in [1.54, 1.807) is 6.07 Å². The Kier molecular flexibility index (Phi) is 5.82. The first-order valence-electron chi connectivity index (χ1n) is 9.34. The predicted molar refractivity (Wildman–Crippen MR) is 114 cm³/mol. The topological polar surface area (TPSA) is 89.3 Å². The Hall–Kier alpha value is -3.50. The van der Waals surface area contributed by atoms with E-state index in [0.29, 0.717) is 17.4 Å². The molecule has 1 atom stereocenters. The number of benzene rings is 1. The van der Waals surface area contributed by atoms with Gasteiger partial charge in [-0.3, -0.25) is 9.69 Å². The highest BCUT2D eigenvalue weighted by Crippen LogP contribution is 2.40. The molecular weight excluding hydrogens is 505 g/mol. The van der Waals surface area contributed by atoms with Crippen molar-refractivity contribution < 1.29 is 31.5 Å². The Bertz CT molecular complexity index is 1390. The summed E-state index contributed by atoms with van der Waals surface area (Å²) in [7, 11) is 1.15. The van der Waals surface area contributed by atoms with E-state index in [9.17, 15) is 31.5 Å². The zero-order valence-electron chi connectivity index (χ0n) is 16.9. The minimum absolute atomic E-state index is 0.0213. The van der Waals surface area contributed by atoms with Gasteiger partial charge in [0.05, 0.1) is 11.3 Å². The minimum Gasteiger partial charge on any atom is -0.335 e. The van der Waals surface area contributed by atoms with Gasteiger partial charge in [0.25, 0.3) is 5.91 Å². The van der Waals surface area contributed by atoms with Crippen molar-refractivity contribution >= 4 is 56.6 Å². The molecule has 1 aliphatic rings. The average molecular weight is 516 g/mol. The van der Waals surface area contributed by atoms with Gasteiger partial charge in [-0.2, -0.15) is 18.4 Å². The van der Waals surface area contributed by atoms with E-state index >= 15 is 0 Å². The molecule has 3 aromatic rings. The average Bonchev–Trinajstić information content (AvgIpc) is 3.38. The molecule has 7 nitrogen and oxygen atoms in total. The van der Waals surface area contributed by atoms with E-state index in [1.807, 2.05) is 0 Å². The summed E-state index contributed by atoms with van der Waals surface area (Å²) < 4.78 is 69.1. The number of nitrogens with zero attached hydrogens (tertiary/aromatic N) is 4. The van der Waals surface area contributed by atoms with Gasteiger partial charge < -0.3 is 10.2 Å². The molecule has 1 saturated heterocycles. The molecule has 0 saturated carbocycles. The molecule has 0 unspecified atom stereocenters. The Morgan fingerprint density at radius 1 is 1.35 bits per heavy atom. The van der Waals surface area contributed by atoms with Gasteiger partial charge in [0.15, 0.2) is 5.82 Å². The van der Waals surface area contributed by atoms with Gasteiger partial charge in [-0.05, 0) is 24.3 Å². The highest BCUT2D eigenvalue weighted by molar-refractivity contribution is 7.19. The molecule has 176 valence electrons. The number of pyridine rings is 1. The number of thiophene rings is 1. The number of urea groups is 1. The second kappa shape index (κ2) is 8.37. The maximum Gasteiger partial charge on any atom is 0.417 e. The maximum atomic E-state index is 14.4. The number of nitriles is 1. The molecule has 0 aliphatic carbocycles. The normalized spacial score (nSPS) is 16.0. The van der Waals surface area contributed by atoms with E-state index in [-0.39, 0.29) is 21.6 Å². The molecule has 34 heavy (non-hydrogen) atoms. The molecular formula is C20H11ClF5N5O2S. The summed E-state index contributed by atoms with van der Waals surface area (Å²) in [6, 6.07) is 2.90. The number of carbonyl (C=O) groups excluding carboxylic acids is 2. The van der Waals surface area contributed by atoms with Gasteiger partial charge in [0.2, 0.25) is 0 Å². The zero-order valence-corrected chi connectivity index (χ0v) is 18.4. The highest BCUT2D eigenvalue weighted by Gasteiger charge is 2.42. The lowest BCUT2D eigenvalue weighted by molar-refractivity contribution is -0.136. The largest absolute Gasteiger partial charge is 0.417 e. The number of aromatic nitrogens is 1. The van der Waals surface area contributed by atoms with Gasteiger partial charge in [0, 0.05) is 19.0 Å². The van der Waals surface area contributed by atoms with Crippen LogP contribution >= 0.6 is 22.9 Å². The molecule has 4 rings (SSSR count). The molecule has 1 aromatic carbocycles. The Morgan fingerprint density at radius 2 is 2.06 bits per heavy atom. The number of hydrogen-bond acceptors (Lipinski definition) is 5. The second-order valence-electron chi connectivity index (χ2n) is 7.13. The van der Waals surface area contributed by atoms with Crippen LogP contribution in [0.25, 0.3) is 10.2 Å². The summed E-state index contributed by atoms with van der Waals surface area (Å²) in [6.45, 7) is -0.312. The third kappa shape index (κ3) is 3.88. The van der Waals surface area contributed by atoms with Crippen LogP contribution in [0.15, 0.2) is 24.3 Å². The van der Waals surface area contributed by atoms with Crippen molar-refractivity contribution in [3.05, 3.63) is 51.4 Å². The van der Waals surface area contributed by atoms with Crippen LogP contribution in [0.4, 0.5) is 38.3 Å². The standard InChI is InChI=1S/C20H11ClF5N5O2S/c1-30(12-3-2-11(22)15(21)16(12)23)18(32)13-7-28-19(33)31(13)14-5-10(20(24,25)26)9-4-8(6-27)34-17(9)29-14/h2-5,13H,7H2,1H3,(H,28,33)/t13-/m0/s1. The SMILES string of the molecule is CN(C(=O)[C@@H]1CNC(=O)N1c1cc(C(F)(F)F)c2cc(C#N)sc2n1)c1ccc(F)c(Cl)c1F. The van der Waals surface area contributed by atoms with Gasteiger partial charge in [0.1, 0.15) is 38.5 Å². The minimum atomic E-state index is -4.84. The number of fused-ring (bicyclic) bond motifs is 1. The number of amides is 3. The van der Waals surface area contributed by atoms with Crippen LogP contribution in [0.5, 0.6) is 0 Å². The zero-order chi connectivity index (χ0) is 24.9. The second-order valence-corrected chi connectivity index (χ2v) is 8.54. The van der Waals surface area contributed by atoms with E-state index in [0.717, 1.165) is 35.0 Å². The molecule has 0 radical (unpaired) electrons. The molecule has 1 fully saturated rings. The van der Waals surface area contributed by atoms with E-state index in [2.05, 4.69) is 10.3 Å². The predicted octanol–water partition coefficient (Wildman–Crippen LogP) is 4.68. The van der Waals surface area contributed by atoms with Crippen molar-refractivity contribution in [2.75, 3.05) is 23.4 Å². The number of halogens is 6. The third-order valence-corrected chi connectivity index (χ3v) is 6.40. The molecule has 3 heterocycles. The van der Waals surface area contributed by atoms with Crippen LogP contribution in [0.3, 0.4) is 0 Å². The fraction of sp³-hybridized carbons (Fsp3) is 0.200. The van der Waals surface area contributed by atoms with Gasteiger partial charge in [-0.25, -0.2) is 18.6 Å². The monoisotopic (exact) mass is 515 g/mol. The van der Waals surface area contributed by atoms with Crippen molar-refractivity contribution in [2.45, 2.75) is 12.2 Å². The number of likely N-dealkylation sites (N-methyl/N-ethyl adjacent to an activating group) is 1. The number of nitrogens with one attached hydrogen (secondary N) is 1. The van der Waals surface area contributed by atoms with E-state index in [1.165, 1.54) is 0 Å². The summed E-state index contributed by atoms with van der Waals surface area (Å²) in [5.41, 5.74) is -1.53. The molecule has 14 heteroatoms. The van der Waals surface area contributed by atoms with Gasteiger partial charge in [-0.15, -0.1) is 11.3 Å². The van der Waals surface area contributed by atoms with Crippen molar-refractivity contribution in [3.63, 3.8) is 0 Å². The van der Waals surface area contributed by atoms with Gasteiger partial charge >= 0.3 is 12.2 Å². The lowest BCUT2D eigenvalue weighted by atomic mass is 10.1. The van der Waals surface area contributed by atoms with Crippen molar-refractivity contribution in [3.8, 4) is 6.07 Å². The molecule has 2 aromatic heterocycles. The third-order valence-electron chi connectivity index (χ3n) is 5.12. The molecule has 1 aliphatic heterocycles. The molecule has 3 amide bonds. The van der Waals surface area contributed by atoms with Crippen molar-refractivity contribution in [1.82, 2.24) is 10.3 Å². The molecule has 1 N–H and O–H groups in total. The summed E-state index contributed by atoms with van der Waals surface area (Å²) in [4.78, 5) is 31.0. The first-order chi connectivity index (χ1) is 15.9. The summed E-state index contributed by atoms with van der Waals surface area (Å²) in [5, 5.41) is 10.3. The summed E-state index contributed by atoms with van der Waals surface area (Å²) in [5.74, 6) is -3.64.